The molecular weight excluding hydrogens is 352 g/mol. The van der Waals surface area contributed by atoms with Gasteiger partial charge in [0.2, 0.25) is 0 Å². The Morgan fingerprint density at radius 2 is 1.93 bits per heavy atom. The van der Waals surface area contributed by atoms with Crippen molar-refractivity contribution in [2.75, 3.05) is 53.5 Å². The highest BCUT2D eigenvalue weighted by Gasteiger charge is 2.37. The molecule has 2 N–H and O–H groups in total. The first-order chi connectivity index (χ1) is 13.7. The van der Waals surface area contributed by atoms with Gasteiger partial charge in [0.1, 0.15) is 0 Å². The number of ether oxygens (including phenoxy) is 2. The van der Waals surface area contributed by atoms with Crippen molar-refractivity contribution in [1.82, 2.24) is 20.7 Å². The summed E-state index contributed by atoms with van der Waals surface area (Å²) in [4.78, 5) is 5.50. The van der Waals surface area contributed by atoms with Crippen molar-refractivity contribution < 1.29 is 9.47 Å². The maximum absolute atomic E-state index is 5.52. The van der Waals surface area contributed by atoms with E-state index in [-0.39, 0.29) is 0 Å². The number of piperidine rings is 1. The van der Waals surface area contributed by atoms with E-state index in [0.717, 1.165) is 36.5 Å². The zero-order valence-electron chi connectivity index (χ0n) is 17.6. The second-order valence-corrected chi connectivity index (χ2v) is 8.69. The Bertz CT molecular complexity index is 655. The Morgan fingerprint density at radius 1 is 1.07 bits per heavy atom. The van der Waals surface area contributed by atoms with E-state index in [4.69, 9.17) is 9.47 Å². The molecule has 0 aliphatic carbocycles. The minimum absolute atomic E-state index is 0.299. The van der Waals surface area contributed by atoms with Crippen LogP contribution in [0.3, 0.4) is 0 Å². The molecule has 0 amide bonds. The van der Waals surface area contributed by atoms with Crippen molar-refractivity contribution >= 4 is 0 Å². The topological polar surface area (TPSA) is 49.0 Å². The smallest absolute Gasteiger partial charge is 0.161 e. The molecule has 2 unspecified atom stereocenters. The van der Waals surface area contributed by atoms with Crippen LogP contribution in [0.15, 0.2) is 18.2 Å². The van der Waals surface area contributed by atoms with Crippen LogP contribution < -0.4 is 20.3 Å². The summed E-state index contributed by atoms with van der Waals surface area (Å²) < 4.78 is 10.9. The number of nitrogens with one attached hydrogen (secondary N) is 2. The van der Waals surface area contributed by atoms with Gasteiger partial charge in [-0.05, 0) is 49.4 Å². The molecule has 28 heavy (non-hydrogen) atoms. The van der Waals surface area contributed by atoms with Gasteiger partial charge in [0.15, 0.2) is 11.5 Å². The summed E-state index contributed by atoms with van der Waals surface area (Å²) in [6.07, 6.45) is 4.05. The van der Waals surface area contributed by atoms with Crippen molar-refractivity contribution in [3.8, 4) is 11.5 Å². The molecule has 1 aromatic rings. The van der Waals surface area contributed by atoms with Crippen molar-refractivity contribution in [1.29, 1.82) is 0 Å². The van der Waals surface area contributed by atoms with Gasteiger partial charge in [-0.1, -0.05) is 13.0 Å². The minimum atomic E-state index is 0.299. The Labute approximate surface area is 169 Å². The third-order valence-electron chi connectivity index (χ3n) is 6.77. The van der Waals surface area contributed by atoms with Gasteiger partial charge in [0, 0.05) is 44.7 Å². The highest BCUT2D eigenvalue weighted by molar-refractivity contribution is 5.44. The van der Waals surface area contributed by atoms with Gasteiger partial charge < -0.3 is 14.4 Å². The lowest BCUT2D eigenvalue weighted by Gasteiger charge is -2.36. The Hall–Kier alpha value is -1.34. The van der Waals surface area contributed by atoms with Crippen LogP contribution in [0.2, 0.25) is 0 Å². The van der Waals surface area contributed by atoms with Gasteiger partial charge in [-0.25, -0.2) is 5.43 Å². The summed E-state index contributed by atoms with van der Waals surface area (Å²) in [7, 11) is 3.39. The van der Waals surface area contributed by atoms with Crippen LogP contribution in [-0.2, 0) is 0 Å². The summed E-state index contributed by atoms with van der Waals surface area (Å²) in [6.45, 7) is 9.50. The third kappa shape index (κ3) is 4.15. The van der Waals surface area contributed by atoms with Crippen molar-refractivity contribution in [2.24, 2.45) is 11.8 Å². The molecule has 6 heteroatoms. The van der Waals surface area contributed by atoms with Crippen molar-refractivity contribution in [3.63, 3.8) is 0 Å². The normalized spacial score (nSPS) is 31.1. The fourth-order valence-corrected chi connectivity index (χ4v) is 5.43. The fourth-order valence-electron chi connectivity index (χ4n) is 5.43. The number of hydrogen-bond acceptors (Lipinski definition) is 6. The lowest BCUT2D eigenvalue weighted by Crippen LogP contribution is -2.44. The molecule has 6 nitrogen and oxygen atoms in total. The molecule has 4 fully saturated rings. The summed E-state index contributed by atoms with van der Waals surface area (Å²) >= 11 is 0. The zero-order chi connectivity index (χ0) is 19.5. The Balaban J connectivity index is 1.44. The maximum atomic E-state index is 5.52. The number of hydrazine groups is 1. The molecule has 4 heterocycles. The van der Waals surface area contributed by atoms with Gasteiger partial charge in [-0.15, -0.1) is 0 Å². The van der Waals surface area contributed by atoms with E-state index in [9.17, 15) is 0 Å². The summed E-state index contributed by atoms with van der Waals surface area (Å²) in [5.74, 6) is 2.98. The monoisotopic (exact) mass is 388 g/mol. The second kappa shape index (κ2) is 8.99. The number of nitrogens with zero attached hydrogens (tertiary/aromatic N) is 2. The zero-order valence-corrected chi connectivity index (χ0v) is 17.6. The largest absolute Gasteiger partial charge is 0.493 e. The molecule has 0 aromatic heterocycles. The van der Waals surface area contributed by atoms with Crippen LogP contribution in [0, 0.1) is 11.8 Å². The summed E-state index contributed by atoms with van der Waals surface area (Å²) in [6, 6.07) is 7.34. The molecular formula is C22H36N4O2. The van der Waals surface area contributed by atoms with Crippen LogP contribution >= 0.6 is 0 Å². The third-order valence-corrected chi connectivity index (χ3v) is 6.77. The first kappa shape index (κ1) is 20.0. The molecule has 0 saturated carbocycles. The standard InChI is InChI=1S/C22H36N4O2/c1-4-9-26-13-16-5-7-19(26)15-25(12-16)14-18-11-23-24-22(18)17-6-8-20(27-2)21(10-17)28-3/h6,8,10,16,18-19,22-24H,4-5,7,9,11-15H2,1-3H3/t16-,18?,19+,22?/m0/s1. The van der Waals surface area contributed by atoms with Gasteiger partial charge in [0.25, 0.3) is 0 Å². The van der Waals surface area contributed by atoms with Crippen LogP contribution in [0.5, 0.6) is 11.5 Å². The molecule has 4 aliphatic rings. The lowest BCUT2D eigenvalue weighted by atomic mass is 9.93. The summed E-state index contributed by atoms with van der Waals surface area (Å²) in [5, 5.41) is 0. The van der Waals surface area contributed by atoms with E-state index in [1.807, 2.05) is 6.07 Å². The number of fused-ring (bicyclic) bond motifs is 4. The Kier molecular flexibility index (Phi) is 6.41. The van der Waals surface area contributed by atoms with Crippen LogP contribution in [-0.4, -0.2) is 69.3 Å². The fraction of sp³-hybridized carbons (Fsp3) is 0.727. The van der Waals surface area contributed by atoms with E-state index in [1.165, 1.54) is 51.0 Å². The van der Waals surface area contributed by atoms with Gasteiger partial charge in [-0.2, -0.15) is 0 Å². The number of benzene rings is 1. The SMILES string of the molecule is CCCN1C[C@H]2CC[C@@H]1CN(CC1CNNC1c1ccc(OC)c(OC)c1)C2. The molecule has 1 aromatic carbocycles. The average Bonchev–Trinajstić information content (AvgIpc) is 3.00. The molecule has 4 saturated heterocycles. The van der Waals surface area contributed by atoms with Crippen LogP contribution in [0.25, 0.3) is 0 Å². The van der Waals surface area contributed by atoms with Crippen molar-refractivity contribution in [2.45, 2.75) is 38.3 Å². The van der Waals surface area contributed by atoms with Crippen LogP contribution in [0.4, 0.5) is 0 Å². The number of methoxy groups -OCH3 is 2. The minimum Gasteiger partial charge on any atom is -0.493 e. The first-order valence-electron chi connectivity index (χ1n) is 10.9. The predicted octanol–water partition coefficient (Wildman–Crippen LogP) is 2.28. The second-order valence-electron chi connectivity index (χ2n) is 8.69. The van der Waals surface area contributed by atoms with E-state index in [0.29, 0.717) is 12.0 Å². The van der Waals surface area contributed by atoms with Gasteiger partial charge in [0.05, 0.1) is 20.3 Å². The van der Waals surface area contributed by atoms with Gasteiger partial charge in [-0.3, -0.25) is 10.3 Å². The summed E-state index contributed by atoms with van der Waals surface area (Å²) in [5.41, 5.74) is 8.16. The van der Waals surface area contributed by atoms with E-state index >= 15 is 0 Å². The highest BCUT2D eigenvalue weighted by Crippen LogP contribution is 2.35. The highest BCUT2D eigenvalue weighted by atomic mass is 16.5. The molecule has 5 rings (SSSR count). The number of hydrogen-bond donors (Lipinski definition) is 2. The molecule has 2 bridgehead atoms. The molecule has 0 radical (unpaired) electrons. The van der Waals surface area contributed by atoms with E-state index < -0.39 is 0 Å². The number of rotatable bonds is 7. The lowest BCUT2D eigenvalue weighted by molar-refractivity contribution is 0.130. The van der Waals surface area contributed by atoms with Crippen LogP contribution in [0.1, 0.15) is 37.8 Å². The van der Waals surface area contributed by atoms with E-state index in [2.05, 4.69) is 39.7 Å². The van der Waals surface area contributed by atoms with Gasteiger partial charge >= 0.3 is 0 Å². The van der Waals surface area contributed by atoms with E-state index in [1.54, 1.807) is 14.2 Å². The predicted molar refractivity (Wildman–Crippen MR) is 112 cm³/mol. The maximum Gasteiger partial charge on any atom is 0.161 e. The first-order valence-corrected chi connectivity index (χ1v) is 10.9. The molecule has 0 spiro atoms. The average molecular weight is 389 g/mol. The Morgan fingerprint density at radius 3 is 2.71 bits per heavy atom. The quantitative estimate of drug-likeness (QED) is 0.747. The van der Waals surface area contributed by atoms with Crippen molar-refractivity contribution in [3.05, 3.63) is 23.8 Å². The molecule has 4 aliphatic heterocycles. The molecule has 156 valence electrons. The molecule has 4 atom stereocenters.